The average molecular weight is 360 g/mol. The highest BCUT2D eigenvalue weighted by atomic mass is 35.5. The first-order valence-electron chi connectivity index (χ1n) is 7.98. The fraction of sp³-hybridized carbons (Fsp3) is 0.263. The minimum Gasteiger partial charge on any atom is -0.489 e. The predicted molar refractivity (Wildman–Crippen MR) is 94.9 cm³/mol. The molecule has 1 heterocycles. The second-order valence-electron chi connectivity index (χ2n) is 6.07. The molecule has 1 amide bonds. The fourth-order valence-corrected chi connectivity index (χ4v) is 3.25. The number of nitrogens with zero attached hydrogens (tertiary/aromatic N) is 1. The lowest BCUT2D eigenvalue weighted by Crippen LogP contribution is -2.34. The van der Waals surface area contributed by atoms with Crippen molar-refractivity contribution in [2.45, 2.75) is 26.0 Å². The van der Waals surface area contributed by atoms with Gasteiger partial charge in [0.1, 0.15) is 12.4 Å². The van der Waals surface area contributed by atoms with Gasteiger partial charge in [0.15, 0.2) is 0 Å². The molecule has 130 valence electrons. The summed E-state index contributed by atoms with van der Waals surface area (Å²) in [5, 5.41) is 9.86. The van der Waals surface area contributed by atoms with Gasteiger partial charge in [0.25, 0.3) is 0 Å². The molecule has 1 N–H and O–H groups in total. The summed E-state index contributed by atoms with van der Waals surface area (Å²) < 4.78 is 5.72. The molecule has 0 aliphatic carbocycles. The van der Waals surface area contributed by atoms with Crippen LogP contribution >= 0.6 is 11.6 Å². The van der Waals surface area contributed by atoms with E-state index >= 15 is 0 Å². The van der Waals surface area contributed by atoms with Gasteiger partial charge in [0.2, 0.25) is 5.91 Å². The minimum atomic E-state index is -0.940. The third-order valence-corrected chi connectivity index (χ3v) is 4.61. The lowest BCUT2D eigenvalue weighted by molar-refractivity contribution is -0.142. The van der Waals surface area contributed by atoms with E-state index in [0.29, 0.717) is 23.1 Å². The van der Waals surface area contributed by atoms with Crippen LogP contribution in [0.2, 0.25) is 5.02 Å². The van der Waals surface area contributed by atoms with Crippen LogP contribution in [0, 0.1) is 5.92 Å². The number of ether oxygens (including phenoxy) is 1. The average Bonchev–Trinajstić information content (AvgIpc) is 2.88. The van der Waals surface area contributed by atoms with Crippen LogP contribution in [-0.2, 0) is 16.2 Å². The van der Waals surface area contributed by atoms with Gasteiger partial charge in [0, 0.05) is 23.2 Å². The zero-order chi connectivity index (χ0) is 18.0. The van der Waals surface area contributed by atoms with Gasteiger partial charge in [-0.15, -0.1) is 0 Å². The molecule has 0 bridgehead atoms. The van der Waals surface area contributed by atoms with E-state index in [0.717, 1.165) is 5.56 Å². The monoisotopic (exact) mass is 359 g/mol. The van der Waals surface area contributed by atoms with E-state index in [1.165, 1.54) is 0 Å². The third-order valence-electron chi connectivity index (χ3n) is 4.38. The van der Waals surface area contributed by atoms with Crippen molar-refractivity contribution in [1.29, 1.82) is 0 Å². The van der Waals surface area contributed by atoms with Crippen molar-refractivity contribution in [2.75, 3.05) is 4.90 Å². The first kappa shape index (κ1) is 17.3. The SMILES string of the molecule is C[C@@H]1C(C(=O)O)CC(=O)N1c1ccc(OCc2cccc(Cl)c2)cc1. The lowest BCUT2D eigenvalue weighted by Gasteiger charge is -2.23. The second kappa shape index (κ2) is 7.15. The molecule has 1 fully saturated rings. The van der Waals surface area contributed by atoms with Crippen molar-refractivity contribution in [3.63, 3.8) is 0 Å². The highest BCUT2D eigenvalue weighted by molar-refractivity contribution is 6.30. The second-order valence-corrected chi connectivity index (χ2v) is 6.50. The zero-order valence-corrected chi connectivity index (χ0v) is 14.4. The molecule has 1 saturated heterocycles. The third kappa shape index (κ3) is 3.77. The molecule has 2 aromatic rings. The Labute approximate surface area is 150 Å². The van der Waals surface area contributed by atoms with Crippen LogP contribution in [0.5, 0.6) is 5.75 Å². The largest absolute Gasteiger partial charge is 0.489 e. The molecule has 0 radical (unpaired) electrons. The zero-order valence-electron chi connectivity index (χ0n) is 13.7. The maximum absolute atomic E-state index is 12.1. The Balaban J connectivity index is 1.68. The van der Waals surface area contributed by atoms with Crippen LogP contribution in [0.4, 0.5) is 5.69 Å². The molecule has 0 saturated carbocycles. The molecule has 25 heavy (non-hydrogen) atoms. The summed E-state index contributed by atoms with van der Waals surface area (Å²) in [6.07, 6.45) is 0.0313. The maximum Gasteiger partial charge on any atom is 0.309 e. The molecule has 2 aromatic carbocycles. The lowest BCUT2D eigenvalue weighted by atomic mass is 10.0. The van der Waals surface area contributed by atoms with E-state index in [1.807, 2.05) is 18.2 Å². The van der Waals surface area contributed by atoms with Gasteiger partial charge in [-0.1, -0.05) is 23.7 Å². The summed E-state index contributed by atoms with van der Waals surface area (Å²) in [4.78, 5) is 24.9. The number of benzene rings is 2. The van der Waals surface area contributed by atoms with Gasteiger partial charge in [-0.3, -0.25) is 9.59 Å². The Morgan fingerprint density at radius 2 is 2.00 bits per heavy atom. The van der Waals surface area contributed by atoms with Crippen LogP contribution in [0.25, 0.3) is 0 Å². The molecule has 3 rings (SSSR count). The first-order chi connectivity index (χ1) is 12.0. The van der Waals surface area contributed by atoms with Gasteiger partial charge in [-0.25, -0.2) is 0 Å². The number of carbonyl (C=O) groups excluding carboxylic acids is 1. The Morgan fingerprint density at radius 1 is 1.28 bits per heavy atom. The minimum absolute atomic E-state index is 0.0313. The number of rotatable bonds is 5. The Morgan fingerprint density at radius 3 is 2.60 bits per heavy atom. The molecule has 0 aromatic heterocycles. The van der Waals surface area contributed by atoms with E-state index in [-0.39, 0.29) is 18.4 Å². The van der Waals surface area contributed by atoms with Crippen LogP contribution in [0.1, 0.15) is 18.9 Å². The maximum atomic E-state index is 12.1. The van der Waals surface area contributed by atoms with Gasteiger partial charge in [0.05, 0.1) is 5.92 Å². The van der Waals surface area contributed by atoms with E-state index in [9.17, 15) is 14.7 Å². The number of halogens is 1. The molecule has 1 aliphatic heterocycles. The molecule has 1 unspecified atom stereocenters. The number of carboxylic acids is 1. The van der Waals surface area contributed by atoms with Gasteiger partial charge >= 0.3 is 5.97 Å². The molecule has 2 atom stereocenters. The van der Waals surface area contributed by atoms with E-state index < -0.39 is 11.9 Å². The summed E-state index contributed by atoms with van der Waals surface area (Å²) in [6.45, 7) is 2.15. The van der Waals surface area contributed by atoms with E-state index in [1.54, 1.807) is 42.2 Å². The van der Waals surface area contributed by atoms with Crippen LogP contribution < -0.4 is 9.64 Å². The topological polar surface area (TPSA) is 66.8 Å². The van der Waals surface area contributed by atoms with Crippen molar-refractivity contribution >= 4 is 29.2 Å². The highest BCUT2D eigenvalue weighted by Crippen LogP contribution is 2.32. The first-order valence-corrected chi connectivity index (χ1v) is 8.35. The number of carboxylic acid groups (broad SMARTS) is 1. The smallest absolute Gasteiger partial charge is 0.309 e. The van der Waals surface area contributed by atoms with Gasteiger partial charge < -0.3 is 14.7 Å². The van der Waals surface area contributed by atoms with Crippen molar-refractivity contribution in [3.8, 4) is 5.75 Å². The van der Waals surface area contributed by atoms with Gasteiger partial charge in [-0.05, 0) is 48.9 Å². The number of carbonyl (C=O) groups is 2. The Bertz CT molecular complexity index is 790. The van der Waals surface area contributed by atoms with Crippen LogP contribution in [0.15, 0.2) is 48.5 Å². The normalized spacial score (nSPS) is 19.9. The number of aliphatic carboxylic acids is 1. The van der Waals surface area contributed by atoms with E-state index in [4.69, 9.17) is 16.3 Å². The molecule has 5 nitrogen and oxygen atoms in total. The Hall–Kier alpha value is -2.53. The molecular weight excluding hydrogens is 342 g/mol. The van der Waals surface area contributed by atoms with Crippen LogP contribution in [-0.4, -0.2) is 23.0 Å². The summed E-state index contributed by atoms with van der Waals surface area (Å²) in [5.41, 5.74) is 1.64. The summed E-state index contributed by atoms with van der Waals surface area (Å²) in [7, 11) is 0. The molecule has 1 aliphatic rings. The predicted octanol–water partition coefficient (Wildman–Crippen LogP) is 3.75. The van der Waals surface area contributed by atoms with Crippen molar-refractivity contribution in [3.05, 3.63) is 59.1 Å². The Kier molecular flexibility index (Phi) is 4.95. The number of hydrogen-bond acceptors (Lipinski definition) is 3. The molecule has 0 spiro atoms. The van der Waals surface area contributed by atoms with Crippen molar-refractivity contribution in [1.82, 2.24) is 0 Å². The van der Waals surface area contributed by atoms with Crippen molar-refractivity contribution in [2.24, 2.45) is 5.92 Å². The standard InChI is InChI=1S/C19H18ClNO4/c1-12-17(19(23)24)10-18(22)21(12)15-5-7-16(8-6-15)25-11-13-3-2-4-14(20)9-13/h2-9,12,17H,10-11H2,1H3,(H,23,24)/t12-,17?/m1/s1. The summed E-state index contributed by atoms with van der Waals surface area (Å²) >= 11 is 5.95. The quantitative estimate of drug-likeness (QED) is 0.883. The molecular formula is C19H18ClNO4. The number of anilines is 1. The number of hydrogen-bond donors (Lipinski definition) is 1. The summed E-state index contributed by atoms with van der Waals surface area (Å²) in [6, 6.07) is 14.1. The highest BCUT2D eigenvalue weighted by Gasteiger charge is 2.41. The van der Waals surface area contributed by atoms with Crippen molar-refractivity contribution < 1.29 is 19.4 Å². The summed E-state index contributed by atoms with van der Waals surface area (Å²) in [5.74, 6) is -1.12. The molecule has 6 heteroatoms. The fourth-order valence-electron chi connectivity index (χ4n) is 3.03. The van der Waals surface area contributed by atoms with Gasteiger partial charge in [-0.2, -0.15) is 0 Å². The van der Waals surface area contributed by atoms with Crippen LogP contribution in [0.3, 0.4) is 0 Å². The van der Waals surface area contributed by atoms with E-state index in [2.05, 4.69) is 0 Å². The number of amides is 1.